The SMILES string of the molecule is ClC1=C[C-](Cl)CC=C1.[Br-].[Mg+2]. The Kier molecular flexibility index (Phi) is 9.43. The second kappa shape index (κ2) is 6.86. The zero-order chi connectivity index (χ0) is 5.98. The number of allylic oxidation sites excluding steroid dienone is 4. The summed E-state index contributed by atoms with van der Waals surface area (Å²) in [4.78, 5) is 0. The van der Waals surface area contributed by atoms with Crippen LogP contribution >= 0.6 is 23.2 Å². The van der Waals surface area contributed by atoms with Gasteiger partial charge in [0.1, 0.15) is 0 Å². The largest absolute Gasteiger partial charge is 2.00 e. The molecule has 1 aliphatic carbocycles. The van der Waals surface area contributed by atoms with E-state index in [1.54, 1.807) is 6.08 Å². The quantitative estimate of drug-likeness (QED) is 0.401. The van der Waals surface area contributed by atoms with E-state index in [1.165, 1.54) is 0 Å². The number of hydrogen-bond acceptors (Lipinski definition) is 0. The first-order valence-electron chi connectivity index (χ1n) is 2.34. The molecule has 0 aromatic carbocycles. The Hall–Kier alpha value is 1.18. The summed E-state index contributed by atoms with van der Waals surface area (Å²) in [5.74, 6) is 0. The van der Waals surface area contributed by atoms with Gasteiger partial charge in [-0.3, -0.25) is 0 Å². The van der Waals surface area contributed by atoms with Crippen LogP contribution in [0.15, 0.2) is 23.3 Å². The average molecular weight is 252 g/mol. The third-order valence-corrected chi connectivity index (χ3v) is 1.38. The molecule has 0 nitrogen and oxygen atoms in total. The Balaban J connectivity index is 0. The summed E-state index contributed by atoms with van der Waals surface area (Å²) in [6.07, 6.45) is 6.35. The second-order valence-electron chi connectivity index (χ2n) is 1.58. The van der Waals surface area contributed by atoms with Crippen LogP contribution in [0.1, 0.15) is 6.42 Å². The molecule has 52 valence electrons. The molecule has 0 amide bonds. The minimum Gasteiger partial charge on any atom is -1.00 e. The van der Waals surface area contributed by atoms with Gasteiger partial charge < -0.3 is 17.0 Å². The van der Waals surface area contributed by atoms with Gasteiger partial charge in [0.15, 0.2) is 0 Å². The summed E-state index contributed by atoms with van der Waals surface area (Å²) >= 11 is 11.2. The number of rotatable bonds is 0. The third kappa shape index (κ3) is 4.91. The Bertz CT molecular complexity index is 145. The van der Waals surface area contributed by atoms with Gasteiger partial charge in [-0.15, -0.1) is 22.6 Å². The molecule has 0 fully saturated rings. The molecule has 0 spiro atoms. The first-order valence-corrected chi connectivity index (χ1v) is 3.10. The molecule has 0 radical (unpaired) electrons. The average Bonchev–Trinajstić information content (AvgIpc) is 1.64. The summed E-state index contributed by atoms with van der Waals surface area (Å²) < 4.78 is 0. The predicted molar refractivity (Wildman–Crippen MR) is 42.5 cm³/mol. The van der Waals surface area contributed by atoms with Crippen molar-refractivity contribution in [2.75, 3.05) is 0 Å². The van der Waals surface area contributed by atoms with E-state index in [9.17, 15) is 0 Å². The van der Waals surface area contributed by atoms with Gasteiger partial charge in [0.05, 0.1) is 0 Å². The van der Waals surface area contributed by atoms with Crippen LogP contribution < -0.4 is 17.0 Å². The van der Waals surface area contributed by atoms with Gasteiger partial charge in [-0.2, -0.15) is 6.08 Å². The van der Waals surface area contributed by atoms with Crippen molar-refractivity contribution in [3.63, 3.8) is 0 Å². The summed E-state index contributed by atoms with van der Waals surface area (Å²) in [6, 6.07) is 0. The van der Waals surface area contributed by atoms with Gasteiger partial charge in [0, 0.05) is 0 Å². The molecule has 0 unspecified atom stereocenters. The van der Waals surface area contributed by atoms with Crippen LogP contribution in [0.5, 0.6) is 0 Å². The van der Waals surface area contributed by atoms with Crippen LogP contribution in [0.25, 0.3) is 0 Å². The van der Waals surface area contributed by atoms with Crippen molar-refractivity contribution >= 4 is 46.3 Å². The monoisotopic (exact) mass is 250 g/mol. The van der Waals surface area contributed by atoms with Crippen molar-refractivity contribution in [1.29, 1.82) is 0 Å². The first-order chi connectivity index (χ1) is 3.79. The normalized spacial score (nSPS) is 15.0. The maximum Gasteiger partial charge on any atom is 2.00 e. The van der Waals surface area contributed by atoms with Gasteiger partial charge in [-0.05, 0) is 0 Å². The maximum absolute atomic E-state index is 5.62. The molecular weight excluding hydrogens is 247 g/mol. The van der Waals surface area contributed by atoms with E-state index in [4.69, 9.17) is 23.2 Å². The number of hydrogen-bond donors (Lipinski definition) is 0. The van der Waals surface area contributed by atoms with Crippen molar-refractivity contribution in [3.05, 3.63) is 28.6 Å². The van der Waals surface area contributed by atoms with E-state index in [-0.39, 0.29) is 40.0 Å². The van der Waals surface area contributed by atoms with Crippen LogP contribution in [0.4, 0.5) is 0 Å². The van der Waals surface area contributed by atoms with Crippen LogP contribution in [0.2, 0.25) is 0 Å². The second-order valence-corrected chi connectivity index (χ2v) is 2.50. The Morgan fingerprint density at radius 3 is 2.40 bits per heavy atom. The molecule has 4 heteroatoms. The summed E-state index contributed by atoms with van der Waals surface area (Å²) in [5.41, 5.74) is 0. The zero-order valence-electron chi connectivity index (χ0n) is 5.28. The third-order valence-electron chi connectivity index (χ3n) is 0.884. The van der Waals surface area contributed by atoms with Crippen LogP contribution in [-0.2, 0) is 0 Å². The molecule has 0 aromatic heterocycles. The Labute approximate surface area is 97.6 Å². The van der Waals surface area contributed by atoms with Crippen LogP contribution in [0, 0.1) is 5.38 Å². The zero-order valence-corrected chi connectivity index (χ0v) is 9.79. The Morgan fingerprint density at radius 1 is 1.50 bits per heavy atom. The van der Waals surface area contributed by atoms with Gasteiger partial charge in [-0.1, -0.05) is 6.42 Å². The molecule has 0 saturated carbocycles. The predicted octanol–water partition coefficient (Wildman–Crippen LogP) is -0.537. The molecule has 0 saturated heterocycles. The molecule has 1 rings (SSSR count). The molecule has 0 heterocycles. The van der Waals surface area contributed by atoms with Gasteiger partial charge in [0.2, 0.25) is 0 Å². The standard InChI is InChI=1S/C6H5Cl2.BrH.Mg/c7-5-2-1-3-6(8)4-5;;/h1-2,4H,3H2;1H;/q-1;;+2/p-1. The van der Waals surface area contributed by atoms with E-state index in [0.717, 1.165) is 11.8 Å². The smallest absolute Gasteiger partial charge is 1.00 e. The van der Waals surface area contributed by atoms with Crippen LogP contribution in [-0.4, -0.2) is 23.1 Å². The van der Waals surface area contributed by atoms with Crippen molar-refractivity contribution in [2.45, 2.75) is 6.42 Å². The maximum atomic E-state index is 5.62. The first kappa shape index (κ1) is 13.7. The van der Waals surface area contributed by atoms with Gasteiger partial charge >= 0.3 is 23.1 Å². The summed E-state index contributed by atoms with van der Waals surface area (Å²) in [6.45, 7) is 0. The van der Waals surface area contributed by atoms with Crippen molar-refractivity contribution in [1.82, 2.24) is 0 Å². The van der Waals surface area contributed by atoms with Gasteiger partial charge in [0.25, 0.3) is 0 Å². The summed E-state index contributed by atoms with van der Waals surface area (Å²) in [5, 5.41) is 1.51. The topological polar surface area (TPSA) is 0 Å². The molecule has 0 atom stereocenters. The van der Waals surface area contributed by atoms with Crippen molar-refractivity contribution < 1.29 is 17.0 Å². The summed E-state index contributed by atoms with van der Waals surface area (Å²) in [7, 11) is 0. The van der Waals surface area contributed by atoms with E-state index < -0.39 is 0 Å². The molecular formula is C6H5BrCl2Mg. The molecule has 0 bridgehead atoms. The Morgan fingerprint density at radius 2 is 2.10 bits per heavy atom. The molecule has 1 aliphatic rings. The molecule has 0 N–H and O–H groups in total. The molecule has 0 aliphatic heterocycles. The minimum absolute atomic E-state index is 0. The van der Waals surface area contributed by atoms with Crippen LogP contribution in [0.3, 0.4) is 0 Å². The van der Waals surface area contributed by atoms with Gasteiger partial charge in [-0.25, -0.2) is 23.2 Å². The molecule has 0 aromatic rings. The van der Waals surface area contributed by atoms with Crippen molar-refractivity contribution in [3.8, 4) is 0 Å². The van der Waals surface area contributed by atoms with Crippen molar-refractivity contribution in [2.24, 2.45) is 0 Å². The fraction of sp³-hybridized carbons (Fsp3) is 0.167. The van der Waals surface area contributed by atoms with E-state index in [0.29, 0.717) is 5.03 Å². The fourth-order valence-electron chi connectivity index (χ4n) is 0.541. The molecule has 10 heavy (non-hydrogen) atoms. The van der Waals surface area contributed by atoms with E-state index in [1.807, 2.05) is 12.2 Å². The number of halogens is 3. The fourth-order valence-corrected chi connectivity index (χ4v) is 1.02. The van der Waals surface area contributed by atoms with E-state index in [2.05, 4.69) is 0 Å². The van der Waals surface area contributed by atoms with E-state index >= 15 is 0 Å². The minimum atomic E-state index is 0.